The molecule has 4 amide bonds. The van der Waals surface area contributed by atoms with Crippen LogP contribution in [0.2, 0.25) is 0 Å². The summed E-state index contributed by atoms with van der Waals surface area (Å²) in [5, 5.41) is 20.1. The first-order valence-electron chi connectivity index (χ1n) is 27.0. The number of benzene rings is 3. The number of hydrogen-bond acceptors (Lipinski definition) is 15. The van der Waals surface area contributed by atoms with Crippen LogP contribution >= 0.6 is 11.8 Å². The molecule has 0 aliphatic carbocycles. The van der Waals surface area contributed by atoms with Crippen molar-refractivity contribution in [1.82, 2.24) is 25.3 Å². The van der Waals surface area contributed by atoms with Crippen LogP contribution in [0.15, 0.2) is 75.9 Å². The fraction of sp³-hybridized carbons (Fsp3) is 0.544. The number of piperidine rings is 1. The van der Waals surface area contributed by atoms with Gasteiger partial charge in [-0.25, -0.2) is 8.78 Å². The minimum Gasteiger partial charge on any atom is -0.391 e. The van der Waals surface area contributed by atoms with Crippen molar-refractivity contribution in [1.29, 1.82) is 0 Å². The fourth-order valence-electron chi connectivity index (χ4n) is 10.5. The number of nitrogens with two attached hydrogens (primary N) is 1. The van der Waals surface area contributed by atoms with Crippen molar-refractivity contribution in [3.8, 4) is 11.1 Å². The fourth-order valence-corrected chi connectivity index (χ4v) is 11.5. The number of hydrogen-bond donors (Lipinski definition) is 5. The molecule has 3 aromatic rings. The van der Waals surface area contributed by atoms with Crippen LogP contribution in [0.4, 0.5) is 20.2 Å². The van der Waals surface area contributed by atoms with Crippen molar-refractivity contribution >= 4 is 58.5 Å². The number of aliphatic hydroxyl groups is 1. The number of carbonyl (C=O) groups is 4. The summed E-state index contributed by atoms with van der Waals surface area (Å²) >= 11 is 1.68. The van der Waals surface area contributed by atoms with Crippen molar-refractivity contribution < 1.29 is 47.3 Å². The molecule has 0 spiro atoms. The van der Waals surface area contributed by atoms with Crippen LogP contribution in [-0.4, -0.2) is 177 Å². The van der Waals surface area contributed by atoms with Gasteiger partial charge in [0.1, 0.15) is 36.9 Å². The van der Waals surface area contributed by atoms with Gasteiger partial charge in [0.25, 0.3) is 0 Å². The summed E-state index contributed by atoms with van der Waals surface area (Å²) < 4.78 is 47.8. The number of likely N-dealkylation sites (tertiary alicyclic amines) is 2. The lowest BCUT2D eigenvalue weighted by Gasteiger charge is -2.35. The number of morpholine rings is 1. The van der Waals surface area contributed by atoms with Gasteiger partial charge in [-0.2, -0.15) is 0 Å². The third kappa shape index (κ3) is 14.7. The monoisotopic (exact) mass is 1100 g/mol. The van der Waals surface area contributed by atoms with E-state index >= 15 is 8.78 Å². The summed E-state index contributed by atoms with van der Waals surface area (Å²) in [6.45, 7) is 13.1. The van der Waals surface area contributed by atoms with Crippen molar-refractivity contribution in [2.45, 2.75) is 109 Å². The third-order valence-electron chi connectivity index (χ3n) is 15.0. The number of nitrogens with one attached hydrogen (secondary N) is 3. The summed E-state index contributed by atoms with van der Waals surface area (Å²) in [5.74, 6) is -2.76. The third-order valence-corrected chi connectivity index (χ3v) is 16.2. The zero-order valence-corrected chi connectivity index (χ0v) is 46.5. The van der Waals surface area contributed by atoms with Gasteiger partial charge in [-0.05, 0) is 67.0 Å². The molecule has 78 heavy (non-hydrogen) atoms. The van der Waals surface area contributed by atoms with Gasteiger partial charge in [-0.3, -0.25) is 34.1 Å². The Balaban J connectivity index is 0.762. The zero-order chi connectivity index (χ0) is 55.7. The molecule has 0 bridgehead atoms. The molecule has 6 atom stereocenters. The topological polar surface area (TPSA) is 216 Å². The number of para-hydroxylation sites is 1. The van der Waals surface area contributed by atoms with Crippen LogP contribution in [-0.2, 0) is 46.5 Å². The highest BCUT2D eigenvalue weighted by Crippen LogP contribution is 2.41. The van der Waals surface area contributed by atoms with Crippen LogP contribution < -0.4 is 26.6 Å². The number of aliphatic hydroxyl groups excluding tert-OH is 1. The molecule has 3 aromatic carbocycles. The minimum absolute atomic E-state index is 0.0247. The van der Waals surface area contributed by atoms with Crippen molar-refractivity contribution in [2.75, 3.05) is 96.2 Å². The Bertz CT molecular complexity index is 2680. The van der Waals surface area contributed by atoms with Gasteiger partial charge in [-0.15, -0.1) is 11.8 Å². The summed E-state index contributed by atoms with van der Waals surface area (Å²) in [5.41, 5.74) is 14.1. The molecule has 6 N–H and O–H groups in total. The number of nitrogens with zero attached hydrogens (tertiary/aromatic N) is 6. The average Bonchev–Trinajstić information content (AvgIpc) is 4.04. The number of anilines is 2. The van der Waals surface area contributed by atoms with Crippen molar-refractivity contribution in [3.63, 3.8) is 0 Å². The van der Waals surface area contributed by atoms with Gasteiger partial charge >= 0.3 is 0 Å². The van der Waals surface area contributed by atoms with Crippen LogP contribution in [0.25, 0.3) is 11.1 Å². The largest absolute Gasteiger partial charge is 0.391 e. The molecule has 5 heterocycles. The van der Waals surface area contributed by atoms with E-state index in [1.54, 1.807) is 16.7 Å². The van der Waals surface area contributed by atoms with E-state index in [0.29, 0.717) is 75.6 Å². The number of carbonyl (C=O) groups excluding carboxylic acids is 4. The highest BCUT2D eigenvalue weighted by Gasteiger charge is 2.44. The first-order chi connectivity index (χ1) is 37.3. The second-order valence-corrected chi connectivity index (χ2v) is 23.0. The van der Waals surface area contributed by atoms with E-state index < -0.39 is 47.1 Å². The molecule has 21 heteroatoms. The summed E-state index contributed by atoms with van der Waals surface area (Å²) in [6, 6.07) is 14.3. The SMILES string of the molecule is CC(N)C(C=NC1CCN(C(=O)COCCOCC(=O)NC(C(=O)N2C[C@H](O)CC2C(=O)NCc2ccc(C3SC=NC3C)cc2)C(C)(C)C)CC1)=C1CN(C)c2cccc(-c3cc(F)c(CN4CCOCC4)c(F)c3)c2N1. The number of ether oxygens (including phenoxy) is 3. The number of fused-ring (bicyclic) bond motifs is 1. The predicted molar refractivity (Wildman–Crippen MR) is 299 cm³/mol. The Kier molecular flexibility index (Phi) is 19.8. The molecular formula is C57H76F2N10O8S. The van der Waals surface area contributed by atoms with E-state index in [2.05, 4.69) is 32.8 Å². The first kappa shape index (κ1) is 58.3. The van der Waals surface area contributed by atoms with E-state index in [4.69, 9.17) is 24.9 Å². The maximum Gasteiger partial charge on any atom is 0.248 e. The molecule has 8 rings (SSSR count). The van der Waals surface area contributed by atoms with E-state index in [0.717, 1.165) is 28.1 Å². The Morgan fingerprint density at radius 2 is 1.71 bits per heavy atom. The average molecular weight is 1100 g/mol. The zero-order valence-electron chi connectivity index (χ0n) is 45.6. The molecule has 0 saturated carbocycles. The van der Waals surface area contributed by atoms with Gasteiger partial charge in [0.05, 0.1) is 73.3 Å². The number of likely N-dealkylation sites (N-methyl/N-ethyl adjacent to an activating group) is 1. The van der Waals surface area contributed by atoms with Crippen LogP contribution in [0.1, 0.15) is 75.8 Å². The highest BCUT2D eigenvalue weighted by molar-refractivity contribution is 8.12. The maximum atomic E-state index is 15.6. The standard InChI is InChI=1S/C57H76F2N10O8S/c1-35(60)43(47-31-66(6)48-9-7-8-42(52(48)64-47)39-24-45(58)44(46(59)25-39)30-67-18-20-75-21-19-67)28-61-40-14-16-68(17-15-40)51(72)33-77-23-22-76-32-50(71)65-54(57(3,4)5)56(74)69-29-41(70)26-49(69)55(73)62-27-37-10-12-38(13-11-37)53-36(2)63-34-78-53/h7-13,24-25,28,34-36,40-41,49,53-54,64,70H,14-23,26-27,29-33,60H2,1-6H3,(H,62,73)(H,65,71)/t35?,36?,41-,49?,53?,54?/m1/s1. The quantitative estimate of drug-likeness (QED) is 0.0788. The lowest BCUT2D eigenvalue weighted by molar-refractivity contribution is -0.144. The van der Waals surface area contributed by atoms with Gasteiger partial charge in [0, 0.05) is 93.9 Å². The molecule has 18 nitrogen and oxygen atoms in total. The lowest BCUT2D eigenvalue weighted by Crippen LogP contribution is -2.58. The lowest BCUT2D eigenvalue weighted by atomic mass is 9.85. The van der Waals surface area contributed by atoms with E-state index in [1.807, 2.05) is 93.9 Å². The molecule has 3 saturated heterocycles. The Morgan fingerprint density at radius 3 is 2.36 bits per heavy atom. The molecule has 422 valence electrons. The first-order valence-corrected chi connectivity index (χ1v) is 27.9. The van der Waals surface area contributed by atoms with E-state index in [9.17, 15) is 24.3 Å². The number of thioether (sulfide) groups is 1. The van der Waals surface area contributed by atoms with Crippen molar-refractivity contribution in [3.05, 3.63) is 94.2 Å². The number of rotatable bonds is 19. The highest BCUT2D eigenvalue weighted by atomic mass is 32.2. The molecule has 5 unspecified atom stereocenters. The predicted octanol–water partition coefficient (Wildman–Crippen LogP) is 5.04. The summed E-state index contributed by atoms with van der Waals surface area (Å²) in [4.78, 5) is 70.3. The minimum atomic E-state index is -1.01. The summed E-state index contributed by atoms with van der Waals surface area (Å²) in [7, 11) is 1.96. The Morgan fingerprint density at radius 1 is 1.01 bits per heavy atom. The summed E-state index contributed by atoms with van der Waals surface area (Å²) in [6.07, 6.45) is 2.26. The van der Waals surface area contributed by atoms with Gasteiger partial charge < -0.3 is 55.7 Å². The molecule has 5 aliphatic heterocycles. The number of amides is 4. The van der Waals surface area contributed by atoms with Crippen molar-refractivity contribution in [2.24, 2.45) is 21.1 Å². The number of β-amino-alcohol motifs (C(OH)–C–C–N with tert-alkyl or cyclic N) is 1. The number of halogens is 2. The molecule has 3 fully saturated rings. The second-order valence-electron chi connectivity index (χ2n) is 22.0. The molecule has 5 aliphatic rings. The van der Waals surface area contributed by atoms with Crippen LogP contribution in [0, 0.1) is 17.0 Å². The maximum absolute atomic E-state index is 15.6. The second kappa shape index (κ2) is 26.4. The van der Waals surface area contributed by atoms with Gasteiger partial charge in [0.15, 0.2) is 0 Å². The molecular weight excluding hydrogens is 1020 g/mol. The van der Waals surface area contributed by atoms with Crippen LogP contribution in [0.5, 0.6) is 0 Å². The molecule has 0 radical (unpaired) electrons. The molecule has 0 aromatic heterocycles. The smallest absolute Gasteiger partial charge is 0.248 e. The van der Waals surface area contributed by atoms with Gasteiger partial charge in [0.2, 0.25) is 23.6 Å². The normalized spacial score (nSPS) is 22.6. The number of aliphatic imine (C=N–C) groups is 2. The Labute approximate surface area is 460 Å². The van der Waals surface area contributed by atoms with E-state index in [-0.39, 0.29) is 93.2 Å². The Hall–Kier alpha value is -5.81. The van der Waals surface area contributed by atoms with Crippen LogP contribution in [0.3, 0.4) is 0 Å². The van der Waals surface area contributed by atoms with E-state index in [1.165, 1.54) is 17.0 Å². The van der Waals surface area contributed by atoms with Gasteiger partial charge in [-0.1, -0.05) is 57.2 Å².